The first kappa shape index (κ1) is 13.1. The van der Waals surface area contributed by atoms with Crippen LogP contribution in [-0.2, 0) is 0 Å². The molecule has 96 valence electrons. The van der Waals surface area contributed by atoms with Crippen molar-refractivity contribution in [1.82, 2.24) is 4.57 Å². The van der Waals surface area contributed by atoms with E-state index in [0.717, 1.165) is 23.3 Å². The number of hydrogen-bond donors (Lipinski definition) is 0. The van der Waals surface area contributed by atoms with Crippen molar-refractivity contribution in [3.05, 3.63) is 46.2 Å². The Balaban J connectivity index is 2.49. The molecule has 0 unspecified atom stereocenters. The van der Waals surface area contributed by atoms with Crippen LogP contribution in [0.15, 0.2) is 40.7 Å². The average Bonchev–Trinajstić information content (AvgIpc) is 2.75. The van der Waals surface area contributed by atoms with Gasteiger partial charge in [0.1, 0.15) is 0 Å². The summed E-state index contributed by atoms with van der Waals surface area (Å²) in [5.41, 5.74) is 2.34. The lowest BCUT2D eigenvalue weighted by Gasteiger charge is -2.16. The van der Waals surface area contributed by atoms with Gasteiger partial charge in [0.15, 0.2) is 4.80 Å². The van der Waals surface area contributed by atoms with E-state index in [-0.39, 0.29) is 0 Å². The van der Waals surface area contributed by atoms with E-state index in [0.29, 0.717) is 6.04 Å². The molecule has 0 amide bonds. The van der Waals surface area contributed by atoms with Crippen LogP contribution in [0.3, 0.4) is 0 Å². The maximum Gasteiger partial charge on any atom is 0.190 e. The smallest absolute Gasteiger partial charge is 0.190 e. The average molecular weight is 260 g/mol. The highest BCUT2D eigenvalue weighted by molar-refractivity contribution is 7.07. The molecule has 0 radical (unpaired) electrons. The Kier molecular flexibility index (Phi) is 4.37. The predicted octanol–water partition coefficient (Wildman–Crippen LogP) is 4.45. The minimum absolute atomic E-state index is 0.554. The first-order valence-corrected chi connectivity index (χ1v) is 7.40. The SMILES string of the molecule is CCC(CC)n1c(C)csc1=Nc1ccccc1. The third kappa shape index (κ3) is 2.72. The summed E-state index contributed by atoms with van der Waals surface area (Å²) in [6, 6.07) is 10.7. The minimum Gasteiger partial charge on any atom is -0.318 e. The van der Waals surface area contributed by atoms with Crippen LogP contribution in [-0.4, -0.2) is 4.57 Å². The van der Waals surface area contributed by atoms with Gasteiger partial charge in [-0.3, -0.25) is 0 Å². The van der Waals surface area contributed by atoms with Crippen molar-refractivity contribution in [3.8, 4) is 0 Å². The number of hydrogen-bond acceptors (Lipinski definition) is 2. The van der Waals surface area contributed by atoms with Gasteiger partial charge >= 0.3 is 0 Å². The van der Waals surface area contributed by atoms with Gasteiger partial charge in [0.25, 0.3) is 0 Å². The number of benzene rings is 1. The molecule has 18 heavy (non-hydrogen) atoms. The predicted molar refractivity (Wildman–Crippen MR) is 78.3 cm³/mol. The molecule has 0 fully saturated rings. The number of aryl methyl sites for hydroxylation is 1. The number of nitrogens with zero attached hydrogens (tertiary/aromatic N) is 2. The van der Waals surface area contributed by atoms with Gasteiger partial charge in [0.05, 0.1) is 5.69 Å². The molecule has 3 heteroatoms. The third-order valence-electron chi connectivity index (χ3n) is 3.21. The second kappa shape index (κ2) is 6.01. The summed E-state index contributed by atoms with van der Waals surface area (Å²) >= 11 is 1.73. The monoisotopic (exact) mass is 260 g/mol. The third-order valence-corrected chi connectivity index (χ3v) is 4.17. The van der Waals surface area contributed by atoms with E-state index in [4.69, 9.17) is 4.99 Å². The van der Waals surface area contributed by atoms with E-state index in [1.165, 1.54) is 5.69 Å². The molecule has 0 atom stereocenters. The summed E-state index contributed by atoms with van der Waals surface area (Å²) < 4.78 is 2.37. The van der Waals surface area contributed by atoms with Gasteiger partial charge < -0.3 is 4.57 Å². The van der Waals surface area contributed by atoms with Crippen molar-refractivity contribution in [2.75, 3.05) is 0 Å². The Morgan fingerprint density at radius 2 is 1.83 bits per heavy atom. The Bertz CT molecular complexity index is 547. The number of para-hydroxylation sites is 1. The minimum atomic E-state index is 0.554. The molecule has 0 aliphatic rings. The van der Waals surface area contributed by atoms with E-state index in [2.05, 4.69) is 30.7 Å². The Morgan fingerprint density at radius 1 is 1.17 bits per heavy atom. The highest BCUT2D eigenvalue weighted by Crippen LogP contribution is 2.18. The highest BCUT2D eigenvalue weighted by Gasteiger charge is 2.10. The van der Waals surface area contributed by atoms with Gasteiger partial charge in [-0.2, -0.15) is 0 Å². The molecule has 2 rings (SSSR count). The molecule has 0 saturated carbocycles. The van der Waals surface area contributed by atoms with E-state index in [1.54, 1.807) is 11.3 Å². The topological polar surface area (TPSA) is 17.3 Å². The molecule has 0 bridgehead atoms. The highest BCUT2D eigenvalue weighted by atomic mass is 32.1. The van der Waals surface area contributed by atoms with Crippen molar-refractivity contribution >= 4 is 17.0 Å². The van der Waals surface area contributed by atoms with Crippen LogP contribution < -0.4 is 4.80 Å². The summed E-state index contributed by atoms with van der Waals surface area (Å²) in [5, 5.41) is 2.19. The molecule has 1 heterocycles. The van der Waals surface area contributed by atoms with Gasteiger partial charge in [0.2, 0.25) is 0 Å². The largest absolute Gasteiger partial charge is 0.318 e. The van der Waals surface area contributed by atoms with Crippen LogP contribution >= 0.6 is 11.3 Å². The van der Waals surface area contributed by atoms with Crippen LogP contribution in [0.1, 0.15) is 38.4 Å². The molecular weight excluding hydrogens is 240 g/mol. The second-order valence-corrected chi connectivity index (χ2v) is 5.28. The van der Waals surface area contributed by atoms with Crippen LogP contribution in [0.25, 0.3) is 0 Å². The van der Waals surface area contributed by atoms with Gasteiger partial charge in [-0.05, 0) is 31.9 Å². The fraction of sp³-hybridized carbons (Fsp3) is 0.400. The maximum atomic E-state index is 4.76. The normalized spacial score (nSPS) is 12.3. The van der Waals surface area contributed by atoms with Crippen molar-refractivity contribution in [2.45, 2.75) is 39.7 Å². The summed E-state index contributed by atoms with van der Waals surface area (Å²) in [6.07, 6.45) is 2.30. The molecule has 2 nitrogen and oxygen atoms in total. The van der Waals surface area contributed by atoms with Crippen LogP contribution in [0.2, 0.25) is 0 Å². The molecule has 1 aromatic carbocycles. The van der Waals surface area contributed by atoms with Gasteiger partial charge in [-0.1, -0.05) is 32.0 Å². The summed E-state index contributed by atoms with van der Waals surface area (Å²) in [6.45, 7) is 6.65. The number of rotatable bonds is 4. The molecule has 1 aromatic heterocycles. The summed E-state index contributed by atoms with van der Waals surface area (Å²) in [4.78, 5) is 5.86. The maximum absolute atomic E-state index is 4.76. The lowest BCUT2D eigenvalue weighted by atomic mass is 10.1. The molecule has 2 aromatic rings. The lowest BCUT2D eigenvalue weighted by Crippen LogP contribution is -2.21. The quantitative estimate of drug-likeness (QED) is 0.772. The van der Waals surface area contributed by atoms with Crippen LogP contribution in [0, 0.1) is 6.92 Å². The number of aromatic nitrogens is 1. The first-order valence-electron chi connectivity index (χ1n) is 6.52. The van der Waals surface area contributed by atoms with Crippen molar-refractivity contribution < 1.29 is 0 Å². The summed E-state index contributed by atoms with van der Waals surface area (Å²) in [5.74, 6) is 0. The van der Waals surface area contributed by atoms with Gasteiger partial charge in [-0.25, -0.2) is 4.99 Å². The fourth-order valence-corrected chi connectivity index (χ4v) is 3.15. The Hall–Kier alpha value is -1.35. The molecule has 0 N–H and O–H groups in total. The van der Waals surface area contributed by atoms with E-state index < -0.39 is 0 Å². The van der Waals surface area contributed by atoms with Crippen molar-refractivity contribution in [2.24, 2.45) is 4.99 Å². The number of thiazole rings is 1. The van der Waals surface area contributed by atoms with Crippen molar-refractivity contribution in [3.63, 3.8) is 0 Å². The van der Waals surface area contributed by atoms with E-state index >= 15 is 0 Å². The van der Waals surface area contributed by atoms with Crippen LogP contribution in [0.5, 0.6) is 0 Å². The lowest BCUT2D eigenvalue weighted by molar-refractivity contribution is 0.454. The van der Waals surface area contributed by atoms with Gasteiger partial charge in [0, 0.05) is 17.1 Å². The Labute approximate surface area is 113 Å². The zero-order valence-electron chi connectivity index (χ0n) is 11.3. The zero-order valence-corrected chi connectivity index (χ0v) is 12.1. The summed E-state index contributed by atoms with van der Waals surface area (Å²) in [7, 11) is 0. The Morgan fingerprint density at radius 3 is 2.44 bits per heavy atom. The van der Waals surface area contributed by atoms with Gasteiger partial charge in [-0.15, -0.1) is 11.3 Å². The molecule has 0 aliphatic heterocycles. The first-order chi connectivity index (χ1) is 8.76. The standard InChI is InChI=1S/C15H20N2S/c1-4-14(5-2)17-12(3)11-18-15(17)16-13-9-7-6-8-10-13/h6-11,14H,4-5H2,1-3H3. The van der Waals surface area contributed by atoms with E-state index in [9.17, 15) is 0 Å². The van der Waals surface area contributed by atoms with Crippen LogP contribution in [0.4, 0.5) is 5.69 Å². The fourth-order valence-electron chi connectivity index (χ4n) is 2.19. The molecule has 0 aliphatic carbocycles. The second-order valence-electron chi connectivity index (χ2n) is 4.45. The van der Waals surface area contributed by atoms with Crippen molar-refractivity contribution in [1.29, 1.82) is 0 Å². The van der Waals surface area contributed by atoms with E-state index in [1.807, 2.05) is 30.3 Å². The molecule has 0 spiro atoms. The zero-order chi connectivity index (χ0) is 13.0. The molecular formula is C15H20N2S. The molecule has 0 saturated heterocycles.